The average Bonchev–Trinajstić information content (AvgIpc) is 2.23. The van der Waals surface area contributed by atoms with Gasteiger partial charge in [-0.2, -0.15) is 11.8 Å². The molecule has 0 radical (unpaired) electrons. The van der Waals surface area contributed by atoms with Crippen molar-refractivity contribution in [3.63, 3.8) is 0 Å². The molecule has 0 spiro atoms. The summed E-state index contributed by atoms with van der Waals surface area (Å²) in [6, 6.07) is 0. The van der Waals surface area contributed by atoms with Crippen LogP contribution in [0.2, 0.25) is 0 Å². The van der Waals surface area contributed by atoms with Crippen LogP contribution < -0.4 is 0 Å². The Hall–Kier alpha value is -0.260. The molecule has 94 valence electrons. The molecule has 16 heavy (non-hydrogen) atoms. The molecule has 1 rings (SSSR count). The fourth-order valence-electron chi connectivity index (χ4n) is 1.93. The van der Waals surface area contributed by atoms with Gasteiger partial charge < -0.3 is 14.7 Å². The van der Waals surface area contributed by atoms with Crippen molar-refractivity contribution in [3.8, 4) is 0 Å². The van der Waals surface area contributed by atoms with E-state index < -0.39 is 0 Å². The van der Waals surface area contributed by atoms with Crippen molar-refractivity contribution in [2.45, 2.75) is 32.0 Å². The maximum absolute atomic E-state index is 11.9. The highest BCUT2D eigenvalue weighted by Gasteiger charge is 2.34. The van der Waals surface area contributed by atoms with E-state index in [9.17, 15) is 4.79 Å². The van der Waals surface area contributed by atoms with Gasteiger partial charge in [-0.25, -0.2) is 0 Å². The predicted molar refractivity (Wildman–Crippen MR) is 65.6 cm³/mol. The van der Waals surface area contributed by atoms with E-state index in [2.05, 4.69) is 0 Å². The molecule has 1 N–H and O–H groups in total. The van der Waals surface area contributed by atoms with Gasteiger partial charge in [0.05, 0.1) is 18.3 Å². The van der Waals surface area contributed by atoms with Crippen LogP contribution in [0.1, 0.15) is 20.3 Å². The molecule has 1 aliphatic rings. The van der Waals surface area contributed by atoms with E-state index in [1.54, 1.807) is 16.7 Å². The van der Waals surface area contributed by atoms with Crippen molar-refractivity contribution in [2.75, 3.05) is 31.7 Å². The Balaban J connectivity index is 2.55. The summed E-state index contributed by atoms with van der Waals surface area (Å²) in [5.74, 6) is 1.00. The number of nitrogens with zero attached hydrogens (tertiary/aromatic N) is 1. The van der Waals surface area contributed by atoms with E-state index in [0.29, 0.717) is 19.5 Å². The van der Waals surface area contributed by atoms with E-state index in [1.165, 1.54) is 0 Å². The van der Waals surface area contributed by atoms with Gasteiger partial charge >= 0.3 is 0 Å². The normalized spacial score (nSPS) is 24.5. The number of hydrogen-bond acceptors (Lipinski definition) is 4. The molecule has 1 saturated heterocycles. The lowest BCUT2D eigenvalue weighted by atomic mass is 10.1. The average molecular weight is 247 g/mol. The number of ether oxygens (including phenoxy) is 1. The second-order valence-electron chi connectivity index (χ2n) is 4.70. The summed E-state index contributed by atoms with van der Waals surface area (Å²) < 4.78 is 5.66. The van der Waals surface area contributed by atoms with Gasteiger partial charge in [-0.05, 0) is 20.1 Å². The fraction of sp³-hybridized carbons (Fsp3) is 0.909. The molecule has 1 heterocycles. The number of aliphatic hydroxyl groups is 1. The molecule has 1 unspecified atom stereocenters. The largest absolute Gasteiger partial charge is 0.394 e. The van der Waals surface area contributed by atoms with Crippen molar-refractivity contribution >= 4 is 17.7 Å². The summed E-state index contributed by atoms with van der Waals surface area (Å²) in [4.78, 5) is 13.7. The first-order valence-corrected chi connectivity index (χ1v) is 6.93. The molecule has 1 fully saturated rings. The van der Waals surface area contributed by atoms with E-state index in [-0.39, 0.29) is 24.2 Å². The molecule has 4 nitrogen and oxygen atoms in total. The minimum atomic E-state index is -0.360. The number of carbonyl (C=O) groups is 1. The van der Waals surface area contributed by atoms with E-state index >= 15 is 0 Å². The third kappa shape index (κ3) is 3.96. The van der Waals surface area contributed by atoms with Gasteiger partial charge in [0.1, 0.15) is 0 Å². The maximum Gasteiger partial charge on any atom is 0.223 e. The summed E-state index contributed by atoms with van der Waals surface area (Å²) in [7, 11) is 0. The highest BCUT2D eigenvalue weighted by molar-refractivity contribution is 7.98. The zero-order valence-electron chi connectivity index (χ0n) is 10.2. The zero-order chi connectivity index (χ0) is 12.2. The van der Waals surface area contributed by atoms with Gasteiger partial charge in [0.25, 0.3) is 0 Å². The SMILES string of the molecule is CSCCC(=O)N1CC(CO)OC(C)(C)C1. The maximum atomic E-state index is 11.9. The summed E-state index contributed by atoms with van der Waals surface area (Å²) in [5, 5.41) is 9.13. The third-order valence-corrected chi connectivity index (χ3v) is 3.17. The van der Waals surface area contributed by atoms with Crippen LogP contribution in [0.5, 0.6) is 0 Å². The Morgan fingerprint density at radius 3 is 2.88 bits per heavy atom. The smallest absolute Gasteiger partial charge is 0.223 e. The van der Waals surface area contributed by atoms with Crippen LogP contribution >= 0.6 is 11.8 Å². The highest BCUT2D eigenvalue weighted by atomic mass is 32.2. The fourth-order valence-corrected chi connectivity index (χ4v) is 2.31. The predicted octanol–water partition coefficient (Wildman–Crippen LogP) is 0.738. The topological polar surface area (TPSA) is 49.8 Å². The quantitative estimate of drug-likeness (QED) is 0.796. The van der Waals surface area contributed by atoms with Crippen LogP contribution in [0, 0.1) is 0 Å². The standard InChI is InChI=1S/C11H21NO3S/c1-11(2)8-12(6-9(7-13)15-11)10(14)4-5-16-3/h9,13H,4-8H2,1-3H3. The van der Waals surface area contributed by atoms with Gasteiger partial charge in [0, 0.05) is 25.3 Å². The number of carbonyl (C=O) groups excluding carboxylic acids is 1. The monoisotopic (exact) mass is 247 g/mol. The van der Waals surface area contributed by atoms with E-state index in [4.69, 9.17) is 9.84 Å². The third-order valence-electron chi connectivity index (χ3n) is 2.56. The van der Waals surface area contributed by atoms with Crippen LogP contribution in [0.25, 0.3) is 0 Å². The molecular formula is C11H21NO3S. The number of morpholine rings is 1. The minimum Gasteiger partial charge on any atom is -0.394 e. The Kier molecular flexibility index (Phi) is 5.08. The molecule has 1 amide bonds. The number of aliphatic hydroxyl groups excluding tert-OH is 1. The van der Waals surface area contributed by atoms with Gasteiger partial charge in [0.2, 0.25) is 5.91 Å². The molecule has 0 aromatic rings. The van der Waals surface area contributed by atoms with Crippen LogP contribution in [0.4, 0.5) is 0 Å². The Morgan fingerprint density at radius 1 is 1.62 bits per heavy atom. The van der Waals surface area contributed by atoms with Crippen molar-refractivity contribution < 1.29 is 14.6 Å². The molecule has 0 aliphatic carbocycles. The first kappa shape index (κ1) is 13.8. The number of thioether (sulfide) groups is 1. The van der Waals surface area contributed by atoms with Gasteiger partial charge in [-0.3, -0.25) is 4.79 Å². The van der Waals surface area contributed by atoms with Crippen LogP contribution in [-0.2, 0) is 9.53 Å². The molecule has 0 saturated carbocycles. The molecule has 0 bridgehead atoms. The Labute approximate surface area is 101 Å². The summed E-state index contributed by atoms with van der Waals surface area (Å²) in [6.45, 7) is 4.98. The Bertz CT molecular complexity index is 245. The van der Waals surface area contributed by atoms with Crippen molar-refractivity contribution in [1.29, 1.82) is 0 Å². The zero-order valence-corrected chi connectivity index (χ0v) is 11.0. The minimum absolute atomic E-state index is 0.0320. The summed E-state index contributed by atoms with van der Waals surface area (Å²) >= 11 is 1.67. The Morgan fingerprint density at radius 2 is 2.31 bits per heavy atom. The lowest BCUT2D eigenvalue weighted by molar-refractivity contribution is -0.166. The highest BCUT2D eigenvalue weighted by Crippen LogP contribution is 2.21. The number of hydrogen-bond donors (Lipinski definition) is 1. The summed E-state index contributed by atoms with van der Waals surface area (Å²) in [5.41, 5.74) is -0.360. The summed E-state index contributed by atoms with van der Waals surface area (Å²) in [6.07, 6.45) is 2.31. The molecule has 0 aromatic heterocycles. The van der Waals surface area contributed by atoms with Crippen molar-refractivity contribution in [3.05, 3.63) is 0 Å². The van der Waals surface area contributed by atoms with Gasteiger partial charge in [0.15, 0.2) is 0 Å². The molecule has 1 aliphatic heterocycles. The van der Waals surface area contributed by atoms with Crippen LogP contribution in [0.15, 0.2) is 0 Å². The second-order valence-corrected chi connectivity index (χ2v) is 5.68. The van der Waals surface area contributed by atoms with Crippen molar-refractivity contribution in [1.82, 2.24) is 4.90 Å². The van der Waals surface area contributed by atoms with Crippen LogP contribution in [0.3, 0.4) is 0 Å². The number of amides is 1. The van der Waals surface area contributed by atoms with E-state index in [0.717, 1.165) is 5.75 Å². The van der Waals surface area contributed by atoms with E-state index in [1.807, 2.05) is 20.1 Å². The molecule has 5 heteroatoms. The van der Waals surface area contributed by atoms with Crippen LogP contribution in [-0.4, -0.2) is 59.3 Å². The van der Waals surface area contributed by atoms with Gasteiger partial charge in [-0.15, -0.1) is 0 Å². The first-order valence-electron chi connectivity index (χ1n) is 5.54. The number of rotatable bonds is 4. The molecule has 1 atom stereocenters. The first-order chi connectivity index (χ1) is 7.48. The van der Waals surface area contributed by atoms with Crippen molar-refractivity contribution in [2.24, 2.45) is 0 Å². The molecular weight excluding hydrogens is 226 g/mol. The van der Waals surface area contributed by atoms with Gasteiger partial charge in [-0.1, -0.05) is 0 Å². The second kappa shape index (κ2) is 5.89. The molecule has 0 aromatic carbocycles. The lowest BCUT2D eigenvalue weighted by Gasteiger charge is -2.42. The lowest BCUT2D eigenvalue weighted by Crippen LogP contribution is -2.55.